The minimum atomic E-state index is -0.167. The highest BCUT2D eigenvalue weighted by Gasteiger charge is 2.08. The van der Waals surface area contributed by atoms with Gasteiger partial charge in [0.05, 0.1) is 28.7 Å². The van der Waals surface area contributed by atoms with Crippen LogP contribution in [0.2, 0.25) is 5.02 Å². The molecule has 0 aliphatic heterocycles. The molecule has 0 fully saturated rings. The molecule has 0 aliphatic carbocycles. The molecule has 1 amide bonds. The van der Waals surface area contributed by atoms with E-state index in [0.29, 0.717) is 52.4 Å². The molecule has 3 rings (SSSR count). The fourth-order valence-electron chi connectivity index (χ4n) is 2.61. The predicted octanol–water partition coefficient (Wildman–Crippen LogP) is 3.55. The highest BCUT2D eigenvalue weighted by molar-refractivity contribution is 6.33. The molecular weight excluding hydrogens is 354 g/mol. The Bertz CT molecular complexity index is 1000. The van der Waals surface area contributed by atoms with Crippen LogP contribution in [0.5, 0.6) is 5.75 Å². The maximum Gasteiger partial charge on any atom is 0.258 e. The maximum atomic E-state index is 12.1. The van der Waals surface area contributed by atoms with Gasteiger partial charge in [-0.15, -0.1) is 0 Å². The number of carbonyl (C=O) groups is 1. The van der Waals surface area contributed by atoms with Gasteiger partial charge in [0.1, 0.15) is 11.6 Å². The number of nitrogens with one attached hydrogen (secondary N) is 2. The third-order valence-electron chi connectivity index (χ3n) is 3.93. The van der Waals surface area contributed by atoms with Crippen molar-refractivity contribution >= 4 is 34.1 Å². The van der Waals surface area contributed by atoms with Crippen molar-refractivity contribution in [3.63, 3.8) is 0 Å². The van der Waals surface area contributed by atoms with E-state index in [0.717, 1.165) is 0 Å². The Labute approximate surface area is 155 Å². The molecule has 7 heteroatoms. The Kier molecular flexibility index (Phi) is 5.53. The monoisotopic (exact) mass is 371 g/mol. The van der Waals surface area contributed by atoms with Crippen LogP contribution in [0.15, 0.2) is 47.3 Å². The predicted molar refractivity (Wildman–Crippen MR) is 102 cm³/mol. The molecule has 0 atom stereocenters. The van der Waals surface area contributed by atoms with Gasteiger partial charge in [0.2, 0.25) is 5.91 Å². The second-order valence-corrected chi connectivity index (χ2v) is 6.18. The van der Waals surface area contributed by atoms with Gasteiger partial charge in [-0.3, -0.25) is 9.59 Å². The molecule has 1 heterocycles. The first kappa shape index (κ1) is 17.9. The molecule has 6 nitrogen and oxygen atoms in total. The van der Waals surface area contributed by atoms with E-state index >= 15 is 0 Å². The number of methoxy groups -OCH3 is 1. The van der Waals surface area contributed by atoms with Crippen LogP contribution < -0.4 is 15.6 Å². The van der Waals surface area contributed by atoms with Crippen molar-refractivity contribution in [2.24, 2.45) is 0 Å². The molecule has 0 spiro atoms. The number of carbonyl (C=O) groups excluding carboxylic acids is 1. The zero-order valence-electron chi connectivity index (χ0n) is 14.2. The lowest BCUT2D eigenvalue weighted by atomic mass is 10.2. The van der Waals surface area contributed by atoms with Crippen LogP contribution in [0.25, 0.3) is 10.9 Å². The zero-order chi connectivity index (χ0) is 18.5. The number of ether oxygens (including phenoxy) is 1. The van der Waals surface area contributed by atoms with E-state index in [-0.39, 0.29) is 11.5 Å². The molecule has 0 aliphatic rings. The number of para-hydroxylation sites is 1. The highest BCUT2D eigenvalue weighted by atomic mass is 35.5. The third kappa shape index (κ3) is 4.21. The number of hydrogen-bond acceptors (Lipinski definition) is 4. The summed E-state index contributed by atoms with van der Waals surface area (Å²) in [4.78, 5) is 31.3. The maximum absolute atomic E-state index is 12.1. The minimum Gasteiger partial charge on any atom is -0.497 e. The fourth-order valence-corrected chi connectivity index (χ4v) is 2.82. The van der Waals surface area contributed by atoms with E-state index in [1.807, 2.05) is 6.07 Å². The van der Waals surface area contributed by atoms with Crippen molar-refractivity contribution in [2.75, 3.05) is 12.4 Å². The van der Waals surface area contributed by atoms with Crippen molar-refractivity contribution in [2.45, 2.75) is 19.3 Å². The second kappa shape index (κ2) is 8.01. The molecule has 26 heavy (non-hydrogen) atoms. The fraction of sp³-hybridized carbons (Fsp3) is 0.211. The first-order valence-corrected chi connectivity index (χ1v) is 8.56. The number of amides is 1. The molecule has 2 N–H and O–H groups in total. The van der Waals surface area contributed by atoms with E-state index in [9.17, 15) is 9.59 Å². The highest BCUT2D eigenvalue weighted by Crippen LogP contribution is 2.26. The summed E-state index contributed by atoms with van der Waals surface area (Å²) in [6, 6.07) is 12.2. The number of aromatic amines is 1. The van der Waals surface area contributed by atoms with Crippen molar-refractivity contribution < 1.29 is 9.53 Å². The van der Waals surface area contributed by atoms with E-state index in [2.05, 4.69) is 15.3 Å². The number of nitrogens with zero attached hydrogens (tertiary/aromatic N) is 1. The van der Waals surface area contributed by atoms with Crippen molar-refractivity contribution in [3.05, 3.63) is 63.7 Å². The number of hydrogen-bond donors (Lipinski definition) is 2. The Morgan fingerprint density at radius 3 is 2.85 bits per heavy atom. The van der Waals surface area contributed by atoms with Gasteiger partial charge in [0.15, 0.2) is 0 Å². The number of benzene rings is 2. The molecule has 1 aromatic heterocycles. The van der Waals surface area contributed by atoms with Gasteiger partial charge in [-0.05, 0) is 30.7 Å². The van der Waals surface area contributed by atoms with Gasteiger partial charge in [0, 0.05) is 18.9 Å². The molecule has 0 saturated heterocycles. The van der Waals surface area contributed by atoms with Gasteiger partial charge in [0.25, 0.3) is 5.56 Å². The number of aryl methyl sites for hydroxylation is 1. The largest absolute Gasteiger partial charge is 0.497 e. The lowest BCUT2D eigenvalue weighted by Crippen LogP contribution is -2.14. The van der Waals surface area contributed by atoms with Crippen LogP contribution in [0.3, 0.4) is 0 Å². The summed E-state index contributed by atoms with van der Waals surface area (Å²) < 4.78 is 5.08. The summed E-state index contributed by atoms with van der Waals surface area (Å²) >= 11 is 6.11. The smallest absolute Gasteiger partial charge is 0.258 e. The van der Waals surface area contributed by atoms with E-state index in [1.165, 1.54) is 0 Å². The van der Waals surface area contributed by atoms with Gasteiger partial charge < -0.3 is 15.0 Å². The lowest BCUT2D eigenvalue weighted by Gasteiger charge is -2.08. The van der Waals surface area contributed by atoms with Crippen LogP contribution in [-0.4, -0.2) is 23.0 Å². The second-order valence-electron chi connectivity index (χ2n) is 5.78. The van der Waals surface area contributed by atoms with Crippen molar-refractivity contribution in [1.29, 1.82) is 0 Å². The minimum absolute atomic E-state index is 0.153. The van der Waals surface area contributed by atoms with E-state index in [1.54, 1.807) is 43.5 Å². The SMILES string of the molecule is COc1ccc(NC(=O)CCCc2nc3ccccc3c(=O)[nH]2)c(Cl)c1. The van der Waals surface area contributed by atoms with Gasteiger partial charge in [-0.25, -0.2) is 4.98 Å². The summed E-state index contributed by atoms with van der Waals surface area (Å²) in [7, 11) is 1.55. The zero-order valence-corrected chi connectivity index (χ0v) is 15.0. The molecular formula is C19H18ClN3O3. The molecule has 0 saturated carbocycles. The lowest BCUT2D eigenvalue weighted by molar-refractivity contribution is -0.116. The number of anilines is 1. The number of rotatable bonds is 6. The molecule has 0 radical (unpaired) electrons. The standard InChI is InChI=1S/C19H18ClN3O3/c1-26-12-9-10-16(14(20)11-12)22-18(24)8-4-7-17-21-15-6-3-2-5-13(15)19(25)23-17/h2-3,5-6,9-11H,4,7-8H2,1H3,(H,22,24)(H,21,23,25). The van der Waals surface area contributed by atoms with Crippen LogP contribution in [0.4, 0.5) is 5.69 Å². The van der Waals surface area contributed by atoms with Crippen LogP contribution in [0, 0.1) is 0 Å². The topological polar surface area (TPSA) is 84.1 Å². The molecule has 0 bridgehead atoms. The van der Waals surface area contributed by atoms with Gasteiger partial charge in [-0.1, -0.05) is 23.7 Å². The summed E-state index contributed by atoms with van der Waals surface area (Å²) in [6.45, 7) is 0. The first-order chi connectivity index (χ1) is 12.6. The van der Waals surface area contributed by atoms with Gasteiger partial charge in [-0.2, -0.15) is 0 Å². The van der Waals surface area contributed by atoms with Gasteiger partial charge >= 0.3 is 0 Å². The number of aromatic nitrogens is 2. The number of halogens is 1. The van der Waals surface area contributed by atoms with Crippen LogP contribution in [0.1, 0.15) is 18.7 Å². The summed E-state index contributed by atoms with van der Waals surface area (Å²) in [5.74, 6) is 1.04. The van der Waals surface area contributed by atoms with Crippen LogP contribution in [-0.2, 0) is 11.2 Å². The number of H-pyrrole nitrogens is 1. The molecule has 3 aromatic rings. The first-order valence-electron chi connectivity index (χ1n) is 8.18. The molecule has 0 unspecified atom stereocenters. The molecule has 134 valence electrons. The third-order valence-corrected chi connectivity index (χ3v) is 4.24. The summed E-state index contributed by atoms with van der Waals surface area (Å²) in [5, 5.41) is 3.74. The Morgan fingerprint density at radius 2 is 2.08 bits per heavy atom. The normalized spacial score (nSPS) is 10.7. The van der Waals surface area contributed by atoms with E-state index < -0.39 is 0 Å². The summed E-state index contributed by atoms with van der Waals surface area (Å²) in [6.07, 6.45) is 1.35. The summed E-state index contributed by atoms with van der Waals surface area (Å²) in [5.41, 5.74) is 1.02. The van der Waals surface area contributed by atoms with Crippen molar-refractivity contribution in [1.82, 2.24) is 9.97 Å². The number of fused-ring (bicyclic) bond motifs is 1. The quantitative estimate of drug-likeness (QED) is 0.694. The van der Waals surface area contributed by atoms with Crippen molar-refractivity contribution in [3.8, 4) is 5.75 Å². The average molecular weight is 372 g/mol. The Morgan fingerprint density at radius 1 is 1.27 bits per heavy atom. The Balaban J connectivity index is 1.58. The average Bonchev–Trinajstić information content (AvgIpc) is 2.63. The van der Waals surface area contributed by atoms with E-state index in [4.69, 9.17) is 16.3 Å². The van der Waals surface area contributed by atoms with Crippen LogP contribution >= 0.6 is 11.6 Å². The Hall–Kier alpha value is -2.86. The molecule has 2 aromatic carbocycles.